The standard InChI is InChI=1S/C5H10N2O/c6-3-4-1-2-7-5(4)8/h4H,1-3,6H2,(H,7,8)/t4-/m0/s1. The highest BCUT2D eigenvalue weighted by Crippen LogP contribution is 2.05. The van der Waals surface area contributed by atoms with Crippen molar-refractivity contribution in [2.24, 2.45) is 11.7 Å². The van der Waals surface area contributed by atoms with Crippen LogP contribution in [0.4, 0.5) is 0 Å². The molecule has 3 heteroatoms. The summed E-state index contributed by atoms with van der Waals surface area (Å²) < 4.78 is 0. The second kappa shape index (κ2) is 2.13. The summed E-state index contributed by atoms with van der Waals surface area (Å²) in [6.45, 7) is 1.30. The molecule has 1 atom stereocenters. The highest BCUT2D eigenvalue weighted by molar-refractivity contribution is 5.80. The van der Waals surface area contributed by atoms with E-state index in [0.717, 1.165) is 13.0 Å². The Morgan fingerprint density at radius 3 is 2.88 bits per heavy atom. The molecule has 0 aromatic carbocycles. The van der Waals surface area contributed by atoms with E-state index >= 15 is 0 Å². The fraction of sp³-hybridized carbons (Fsp3) is 0.800. The Morgan fingerprint density at radius 1 is 1.88 bits per heavy atom. The van der Waals surface area contributed by atoms with Crippen molar-refractivity contribution in [3.63, 3.8) is 0 Å². The lowest BCUT2D eigenvalue weighted by Crippen LogP contribution is -2.24. The summed E-state index contributed by atoms with van der Waals surface area (Å²) in [5.74, 6) is 0.211. The van der Waals surface area contributed by atoms with Crippen molar-refractivity contribution in [2.75, 3.05) is 13.1 Å². The molecule has 0 aliphatic carbocycles. The summed E-state index contributed by atoms with van der Waals surface area (Å²) in [5, 5.41) is 2.70. The predicted molar refractivity (Wildman–Crippen MR) is 30.2 cm³/mol. The van der Waals surface area contributed by atoms with Crippen LogP contribution in [-0.2, 0) is 4.79 Å². The Bertz CT molecular complexity index is 103. The van der Waals surface area contributed by atoms with Gasteiger partial charge in [0.05, 0.1) is 5.92 Å². The summed E-state index contributed by atoms with van der Waals surface area (Å²) in [6, 6.07) is 0. The molecule has 1 heterocycles. The molecule has 8 heavy (non-hydrogen) atoms. The minimum Gasteiger partial charge on any atom is -0.356 e. The van der Waals surface area contributed by atoms with Crippen LogP contribution in [0.5, 0.6) is 0 Å². The number of carbonyl (C=O) groups excluding carboxylic acids is 1. The molecule has 1 fully saturated rings. The van der Waals surface area contributed by atoms with E-state index in [1.54, 1.807) is 0 Å². The number of rotatable bonds is 1. The SMILES string of the molecule is NC[C@@H]1CCNC1=O. The Kier molecular flexibility index (Phi) is 1.48. The van der Waals surface area contributed by atoms with Crippen molar-refractivity contribution in [3.8, 4) is 0 Å². The minimum atomic E-state index is 0.0926. The number of amides is 1. The van der Waals surface area contributed by atoms with E-state index in [1.165, 1.54) is 0 Å². The van der Waals surface area contributed by atoms with E-state index in [2.05, 4.69) is 5.32 Å². The largest absolute Gasteiger partial charge is 0.356 e. The molecule has 3 N–H and O–H groups in total. The highest BCUT2D eigenvalue weighted by atomic mass is 16.2. The van der Waals surface area contributed by atoms with Gasteiger partial charge >= 0.3 is 0 Å². The Labute approximate surface area is 48.2 Å². The van der Waals surface area contributed by atoms with Crippen LogP contribution in [0.15, 0.2) is 0 Å². The predicted octanol–water partition coefficient (Wildman–Crippen LogP) is -0.919. The van der Waals surface area contributed by atoms with Crippen LogP contribution in [0, 0.1) is 5.92 Å². The number of hydrogen-bond donors (Lipinski definition) is 2. The number of hydrogen-bond acceptors (Lipinski definition) is 2. The van der Waals surface area contributed by atoms with Crippen molar-refractivity contribution in [3.05, 3.63) is 0 Å². The molecule has 1 saturated heterocycles. The molecule has 1 amide bonds. The lowest BCUT2D eigenvalue weighted by atomic mass is 10.1. The van der Waals surface area contributed by atoms with Gasteiger partial charge < -0.3 is 11.1 Å². The van der Waals surface area contributed by atoms with Crippen molar-refractivity contribution in [2.45, 2.75) is 6.42 Å². The number of carbonyl (C=O) groups is 1. The van der Waals surface area contributed by atoms with E-state index in [0.29, 0.717) is 6.54 Å². The average Bonchev–Trinajstić information content (AvgIpc) is 2.14. The van der Waals surface area contributed by atoms with Gasteiger partial charge in [-0.2, -0.15) is 0 Å². The fourth-order valence-electron chi connectivity index (χ4n) is 0.870. The summed E-state index contributed by atoms with van der Waals surface area (Å²) in [7, 11) is 0. The number of nitrogens with one attached hydrogen (secondary N) is 1. The van der Waals surface area contributed by atoms with Crippen molar-refractivity contribution in [1.29, 1.82) is 0 Å². The molecule has 1 aliphatic heterocycles. The van der Waals surface area contributed by atoms with Gasteiger partial charge in [-0.3, -0.25) is 4.79 Å². The van der Waals surface area contributed by atoms with Gasteiger partial charge in [0.1, 0.15) is 0 Å². The van der Waals surface area contributed by atoms with Crippen molar-refractivity contribution >= 4 is 5.91 Å². The highest BCUT2D eigenvalue weighted by Gasteiger charge is 2.21. The van der Waals surface area contributed by atoms with Crippen LogP contribution < -0.4 is 11.1 Å². The summed E-state index contributed by atoms with van der Waals surface area (Å²) in [5.41, 5.74) is 5.26. The van der Waals surface area contributed by atoms with Crippen LogP contribution in [0.2, 0.25) is 0 Å². The molecule has 0 bridgehead atoms. The first-order chi connectivity index (χ1) is 3.84. The lowest BCUT2D eigenvalue weighted by Gasteiger charge is -1.97. The zero-order valence-electron chi connectivity index (χ0n) is 4.68. The second-order valence-electron chi connectivity index (χ2n) is 2.01. The lowest BCUT2D eigenvalue weighted by molar-refractivity contribution is -0.122. The summed E-state index contributed by atoms with van der Waals surface area (Å²) in [6.07, 6.45) is 0.912. The van der Waals surface area contributed by atoms with Gasteiger partial charge in [0.2, 0.25) is 5.91 Å². The first-order valence-electron chi connectivity index (χ1n) is 2.82. The van der Waals surface area contributed by atoms with Gasteiger partial charge in [-0.25, -0.2) is 0 Å². The first kappa shape index (κ1) is 5.56. The zero-order chi connectivity index (χ0) is 5.98. The third-order valence-corrected chi connectivity index (χ3v) is 1.45. The molecule has 0 unspecified atom stereocenters. The Morgan fingerprint density at radius 2 is 2.62 bits per heavy atom. The topological polar surface area (TPSA) is 55.1 Å². The van der Waals surface area contributed by atoms with Crippen LogP contribution in [0.1, 0.15) is 6.42 Å². The smallest absolute Gasteiger partial charge is 0.224 e. The zero-order valence-corrected chi connectivity index (χ0v) is 4.68. The van der Waals surface area contributed by atoms with Crippen LogP contribution >= 0.6 is 0 Å². The number of nitrogens with two attached hydrogens (primary N) is 1. The molecular formula is C5H10N2O. The van der Waals surface area contributed by atoms with Gasteiger partial charge in [0.15, 0.2) is 0 Å². The maximum absolute atomic E-state index is 10.6. The summed E-state index contributed by atoms with van der Waals surface area (Å²) >= 11 is 0. The Balaban J connectivity index is 2.42. The molecule has 1 aliphatic rings. The van der Waals surface area contributed by atoms with Crippen molar-refractivity contribution < 1.29 is 4.79 Å². The van der Waals surface area contributed by atoms with Crippen LogP contribution in [0.25, 0.3) is 0 Å². The summed E-state index contributed by atoms with van der Waals surface area (Å²) in [4.78, 5) is 10.6. The third kappa shape index (κ3) is 0.816. The van der Waals surface area contributed by atoms with Crippen LogP contribution in [-0.4, -0.2) is 19.0 Å². The molecule has 0 saturated carbocycles. The molecule has 0 aromatic rings. The van der Waals surface area contributed by atoms with Gasteiger partial charge in [-0.05, 0) is 6.42 Å². The molecule has 0 radical (unpaired) electrons. The third-order valence-electron chi connectivity index (χ3n) is 1.45. The molecular weight excluding hydrogens is 104 g/mol. The molecule has 46 valence electrons. The maximum atomic E-state index is 10.6. The second-order valence-corrected chi connectivity index (χ2v) is 2.01. The van der Waals surface area contributed by atoms with Gasteiger partial charge in [0, 0.05) is 13.1 Å². The molecule has 0 aromatic heterocycles. The van der Waals surface area contributed by atoms with E-state index in [9.17, 15) is 4.79 Å². The van der Waals surface area contributed by atoms with Crippen molar-refractivity contribution in [1.82, 2.24) is 5.32 Å². The minimum absolute atomic E-state index is 0.0926. The quantitative estimate of drug-likeness (QED) is 0.463. The normalized spacial score (nSPS) is 28.1. The molecule has 1 rings (SSSR count). The van der Waals surface area contributed by atoms with E-state index in [4.69, 9.17) is 5.73 Å². The Hall–Kier alpha value is -0.570. The fourth-order valence-corrected chi connectivity index (χ4v) is 0.870. The average molecular weight is 114 g/mol. The monoisotopic (exact) mass is 114 g/mol. The maximum Gasteiger partial charge on any atom is 0.224 e. The van der Waals surface area contributed by atoms with E-state index in [-0.39, 0.29) is 11.8 Å². The van der Waals surface area contributed by atoms with E-state index < -0.39 is 0 Å². The van der Waals surface area contributed by atoms with Gasteiger partial charge in [-0.1, -0.05) is 0 Å². The van der Waals surface area contributed by atoms with Gasteiger partial charge in [0.25, 0.3) is 0 Å². The first-order valence-corrected chi connectivity index (χ1v) is 2.82. The van der Waals surface area contributed by atoms with Crippen LogP contribution in [0.3, 0.4) is 0 Å². The molecule has 3 nitrogen and oxygen atoms in total. The van der Waals surface area contributed by atoms with Gasteiger partial charge in [-0.15, -0.1) is 0 Å². The van der Waals surface area contributed by atoms with E-state index in [1.807, 2.05) is 0 Å². The molecule has 0 spiro atoms.